The molecule has 4 rings (SSSR count). The van der Waals surface area contributed by atoms with E-state index in [2.05, 4.69) is 15.0 Å². The molecule has 134 valence electrons. The third-order valence-corrected chi connectivity index (χ3v) is 4.69. The van der Waals surface area contributed by atoms with Crippen molar-refractivity contribution in [2.75, 3.05) is 0 Å². The molecule has 27 heavy (non-hydrogen) atoms. The van der Waals surface area contributed by atoms with Gasteiger partial charge in [-0.25, -0.2) is 4.98 Å². The van der Waals surface area contributed by atoms with Gasteiger partial charge >= 0.3 is 0 Å². The largest absolute Gasteiger partial charge is 0.331 e. The van der Waals surface area contributed by atoms with Crippen LogP contribution < -0.4 is 0 Å². The van der Waals surface area contributed by atoms with E-state index in [4.69, 9.17) is 4.11 Å². The third kappa shape index (κ3) is 3.36. The zero-order valence-corrected chi connectivity index (χ0v) is 15.1. The number of ketones is 1. The van der Waals surface area contributed by atoms with Crippen molar-refractivity contribution in [1.82, 2.24) is 19.5 Å². The Bertz CT molecular complexity index is 1240. The van der Waals surface area contributed by atoms with Gasteiger partial charge in [-0.2, -0.15) is 0 Å². The summed E-state index contributed by atoms with van der Waals surface area (Å²) in [6, 6.07) is 9.93. The predicted octanol–water partition coefficient (Wildman–Crippen LogP) is 4.07. The average molecular weight is 359 g/mol. The number of rotatable bonds is 4. The molecule has 0 saturated carbocycles. The molecule has 0 aliphatic heterocycles. The summed E-state index contributed by atoms with van der Waals surface area (Å²) in [6.45, 7) is -0.241. The smallest absolute Gasteiger partial charge is 0.168 e. The Labute approximate surface area is 162 Å². The van der Waals surface area contributed by atoms with Crippen LogP contribution in [0.2, 0.25) is 0 Å². The van der Waals surface area contributed by atoms with Crippen LogP contribution in [0.25, 0.3) is 22.2 Å². The Kier molecular flexibility index (Phi) is 3.46. The van der Waals surface area contributed by atoms with Gasteiger partial charge < -0.3 is 4.57 Å². The van der Waals surface area contributed by atoms with E-state index in [9.17, 15) is 4.79 Å². The Morgan fingerprint density at radius 1 is 1.07 bits per heavy atom. The first kappa shape index (κ1) is 13.8. The standard InChI is InChI=1S/C22H20N4O/c1-14-4-6-16(7-5-14)22(27)10-19-9-17-8-18(11-25-20(17)12-24-19)21-13-23-15(2)26(21)3/h4-9,11-13H,10H2,1-3H3/i1D3. The fourth-order valence-electron chi connectivity index (χ4n) is 3.01. The first-order valence-corrected chi connectivity index (χ1v) is 8.59. The fraction of sp³-hybridized carbons (Fsp3) is 0.182. The first-order chi connectivity index (χ1) is 14.2. The van der Waals surface area contributed by atoms with Crippen molar-refractivity contribution in [2.45, 2.75) is 20.2 Å². The van der Waals surface area contributed by atoms with Crippen molar-refractivity contribution in [3.05, 3.63) is 77.6 Å². The highest BCUT2D eigenvalue weighted by atomic mass is 16.1. The van der Waals surface area contributed by atoms with Crippen LogP contribution in [0.1, 0.15) is 31.6 Å². The number of carbonyl (C=O) groups is 1. The van der Waals surface area contributed by atoms with Gasteiger partial charge in [0.05, 0.1) is 30.0 Å². The van der Waals surface area contributed by atoms with E-state index in [1.54, 1.807) is 24.5 Å². The van der Waals surface area contributed by atoms with E-state index < -0.39 is 6.85 Å². The number of carbonyl (C=O) groups excluding carboxylic acids is 1. The second kappa shape index (κ2) is 6.76. The molecule has 0 unspecified atom stereocenters. The van der Waals surface area contributed by atoms with Crippen molar-refractivity contribution in [3.63, 3.8) is 0 Å². The molecule has 0 spiro atoms. The summed E-state index contributed by atoms with van der Waals surface area (Å²) >= 11 is 0. The van der Waals surface area contributed by atoms with Gasteiger partial charge in [0.15, 0.2) is 5.78 Å². The predicted molar refractivity (Wildman–Crippen MR) is 106 cm³/mol. The quantitative estimate of drug-likeness (QED) is 0.515. The van der Waals surface area contributed by atoms with Gasteiger partial charge in [0.25, 0.3) is 0 Å². The highest BCUT2D eigenvalue weighted by Gasteiger charge is 2.11. The van der Waals surface area contributed by atoms with Gasteiger partial charge in [0.1, 0.15) is 5.82 Å². The van der Waals surface area contributed by atoms with E-state index in [1.807, 2.05) is 36.9 Å². The van der Waals surface area contributed by atoms with Crippen LogP contribution in [0, 0.1) is 13.8 Å². The monoisotopic (exact) mass is 359 g/mol. The van der Waals surface area contributed by atoms with Gasteiger partial charge in [0.2, 0.25) is 0 Å². The van der Waals surface area contributed by atoms with Crippen LogP contribution in [0.15, 0.2) is 55.0 Å². The lowest BCUT2D eigenvalue weighted by Crippen LogP contribution is -2.05. The molecule has 4 aromatic rings. The summed E-state index contributed by atoms with van der Waals surface area (Å²) in [5, 5.41) is 0.891. The Balaban J connectivity index is 1.60. The molecule has 0 N–H and O–H groups in total. The van der Waals surface area contributed by atoms with Crippen molar-refractivity contribution >= 4 is 16.7 Å². The lowest BCUT2D eigenvalue weighted by Gasteiger charge is -2.07. The molecule has 0 amide bonds. The number of hydrogen-bond donors (Lipinski definition) is 0. The molecule has 5 heteroatoms. The van der Waals surface area contributed by atoms with Crippen molar-refractivity contribution in [3.8, 4) is 11.3 Å². The van der Waals surface area contributed by atoms with Crippen LogP contribution in [0.5, 0.6) is 0 Å². The van der Waals surface area contributed by atoms with Crippen molar-refractivity contribution in [1.29, 1.82) is 0 Å². The minimum absolute atomic E-state index is 0.120. The van der Waals surface area contributed by atoms with Crippen LogP contribution >= 0.6 is 0 Å². The summed E-state index contributed by atoms with van der Waals surface area (Å²) in [7, 11) is 1.95. The van der Waals surface area contributed by atoms with Crippen LogP contribution in [-0.2, 0) is 13.5 Å². The first-order valence-electron chi connectivity index (χ1n) is 10.1. The molecule has 0 fully saturated rings. The van der Waals surface area contributed by atoms with Gasteiger partial charge in [0, 0.05) is 39.6 Å². The second-order valence-corrected chi connectivity index (χ2v) is 6.52. The Morgan fingerprint density at radius 2 is 1.89 bits per heavy atom. The summed E-state index contributed by atoms with van der Waals surface area (Å²) in [4.78, 5) is 25.8. The number of hydrogen-bond acceptors (Lipinski definition) is 4. The van der Waals surface area contributed by atoms with E-state index >= 15 is 0 Å². The lowest BCUT2D eigenvalue weighted by atomic mass is 10.0. The molecule has 0 saturated heterocycles. The molecular weight excluding hydrogens is 336 g/mol. The van der Waals surface area contributed by atoms with Crippen LogP contribution in [0.3, 0.4) is 0 Å². The van der Waals surface area contributed by atoms with Gasteiger partial charge in [-0.3, -0.25) is 14.8 Å². The maximum Gasteiger partial charge on any atom is 0.168 e. The highest BCUT2D eigenvalue weighted by Crippen LogP contribution is 2.23. The second-order valence-electron chi connectivity index (χ2n) is 6.52. The van der Waals surface area contributed by atoms with Gasteiger partial charge in [-0.1, -0.05) is 29.8 Å². The number of nitrogens with zero attached hydrogens (tertiary/aromatic N) is 4. The fourth-order valence-corrected chi connectivity index (χ4v) is 3.01. The van der Waals surface area contributed by atoms with Gasteiger partial charge in [-0.05, 0) is 25.9 Å². The van der Waals surface area contributed by atoms with Gasteiger partial charge in [-0.15, -0.1) is 0 Å². The summed E-state index contributed by atoms with van der Waals surface area (Å²) in [5.74, 6) is 0.793. The molecule has 0 radical (unpaired) electrons. The average Bonchev–Trinajstić information content (AvgIpc) is 3.05. The van der Waals surface area contributed by atoms with E-state index in [0.717, 1.165) is 28.0 Å². The number of benzene rings is 1. The number of fused-ring (bicyclic) bond motifs is 1. The normalized spacial score (nSPS) is 13.2. The van der Waals surface area contributed by atoms with Crippen molar-refractivity contribution < 1.29 is 8.91 Å². The SMILES string of the molecule is [2H]C([2H])([2H])c1ccc(C(=O)Cc2cc3cc(-c4cnc(C)n4C)cnc3cn2)cc1. The summed E-state index contributed by atoms with van der Waals surface area (Å²) in [6.07, 6.45) is 5.39. The molecule has 0 bridgehead atoms. The molecule has 5 nitrogen and oxygen atoms in total. The Hall–Kier alpha value is -3.34. The van der Waals surface area contributed by atoms with Crippen LogP contribution in [0.4, 0.5) is 0 Å². The number of pyridine rings is 2. The number of aromatic nitrogens is 4. The van der Waals surface area contributed by atoms with Crippen molar-refractivity contribution in [2.24, 2.45) is 7.05 Å². The molecule has 3 aromatic heterocycles. The maximum absolute atomic E-state index is 12.6. The zero-order chi connectivity index (χ0) is 21.5. The summed E-state index contributed by atoms with van der Waals surface area (Å²) < 4.78 is 24.3. The minimum Gasteiger partial charge on any atom is -0.331 e. The molecule has 0 atom stereocenters. The maximum atomic E-state index is 12.6. The topological polar surface area (TPSA) is 60.7 Å². The molecule has 3 heterocycles. The third-order valence-electron chi connectivity index (χ3n) is 4.69. The molecule has 0 aliphatic carbocycles. The Morgan fingerprint density at radius 3 is 2.59 bits per heavy atom. The van der Waals surface area contributed by atoms with Crippen LogP contribution in [-0.4, -0.2) is 25.3 Å². The molecular formula is C22H20N4O. The molecule has 1 aromatic carbocycles. The highest BCUT2D eigenvalue weighted by molar-refractivity contribution is 5.97. The zero-order valence-electron chi connectivity index (χ0n) is 18.1. The van der Waals surface area contributed by atoms with E-state index in [-0.39, 0.29) is 17.8 Å². The number of aryl methyl sites for hydroxylation is 2. The minimum atomic E-state index is -2.18. The van der Waals surface area contributed by atoms with E-state index in [1.165, 1.54) is 12.1 Å². The lowest BCUT2D eigenvalue weighted by molar-refractivity contribution is 0.0992. The summed E-state index contributed by atoms with van der Waals surface area (Å²) in [5.41, 5.74) is 3.96. The number of imidazole rings is 1. The van der Waals surface area contributed by atoms with E-state index in [0.29, 0.717) is 11.3 Å². The number of Topliss-reactive ketones (excluding diaryl/α,β-unsaturated/α-hetero) is 1. The molecule has 0 aliphatic rings.